The molecule has 2 aromatic carbocycles. The van der Waals surface area contributed by atoms with Gasteiger partial charge in [0.2, 0.25) is 11.8 Å². The molecule has 0 aliphatic heterocycles. The van der Waals surface area contributed by atoms with Gasteiger partial charge in [0.1, 0.15) is 0 Å². The third-order valence-corrected chi connectivity index (χ3v) is 4.68. The van der Waals surface area contributed by atoms with Crippen LogP contribution in [0.2, 0.25) is 0 Å². The highest BCUT2D eigenvalue weighted by Crippen LogP contribution is 2.34. The molecule has 3 rings (SSSR count). The molecule has 0 fully saturated rings. The third-order valence-electron chi connectivity index (χ3n) is 4.68. The van der Waals surface area contributed by atoms with Gasteiger partial charge in [-0.05, 0) is 54.0 Å². The molecular formula is C20H22N2O2. The highest BCUT2D eigenvalue weighted by molar-refractivity contribution is 5.92. The topological polar surface area (TPSA) is 72.2 Å². The maximum absolute atomic E-state index is 12.0. The molecule has 0 spiro atoms. The van der Waals surface area contributed by atoms with Crippen LogP contribution in [-0.2, 0) is 17.6 Å². The Balaban J connectivity index is 1.45. The molecule has 4 heteroatoms. The van der Waals surface area contributed by atoms with E-state index in [1.54, 1.807) is 24.3 Å². The molecule has 124 valence electrons. The first-order valence-electron chi connectivity index (χ1n) is 8.37. The number of amides is 2. The molecule has 0 aromatic heterocycles. The number of benzene rings is 2. The molecule has 0 radical (unpaired) electrons. The predicted octanol–water partition coefficient (Wildman–Crippen LogP) is 2.56. The Labute approximate surface area is 142 Å². The van der Waals surface area contributed by atoms with E-state index in [9.17, 15) is 9.59 Å². The van der Waals surface area contributed by atoms with Gasteiger partial charge in [0, 0.05) is 12.1 Å². The first kappa shape index (κ1) is 16.2. The summed E-state index contributed by atoms with van der Waals surface area (Å²) in [4.78, 5) is 23.1. The normalized spacial score (nSPS) is 15.8. The average Bonchev–Trinajstić information content (AvgIpc) is 2.99. The number of rotatable bonds is 6. The fourth-order valence-corrected chi connectivity index (χ4v) is 3.37. The fourth-order valence-electron chi connectivity index (χ4n) is 3.37. The van der Waals surface area contributed by atoms with Crippen molar-refractivity contribution in [2.24, 2.45) is 5.73 Å². The fraction of sp³-hybridized carbons (Fsp3) is 0.300. The van der Waals surface area contributed by atoms with Crippen molar-refractivity contribution in [3.63, 3.8) is 0 Å². The smallest absolute Gasteiger partial charge is 0.248 e. The summed E-state index contributed by atoms with van der Waals surface area (Å²) in [7, 11) is 0. The summed E-state index contributed by atoms with van der Waals surface area (Å²) in [5.41, 5.74) is 9.43. The molecule has 0 saturated carbocycles. The van der Waals surface area contributed by atoms with Crippen molar-refractivity contribution in [1.29, 1.82) is 0 Å². The molecule has 4 nitrogen and oxygen atoms in total. The van der Waals surface area contributed by atoms with E-state index in [-0.39, 0.29) is 5.91 Å². The van der Waals surface area contributed by atoms with E-state index in [1.165, 1.54) is 17.5 Å². The standard InChI is InChI=1S/C20H22N2O2/c21-20(24)17-7-5-14(6-8-17)13-19(23)22-12-11-16-10-9-15-3-1-2-4-18(15)16/h1-8,16H,9-13H2,(H2,21,24)(H,22,23). The van der Waals surface area contributed by atoms with E-state index in [4.69, 9.17) is 5.73 Å². The summed E-state index contributed by atoms with van der Waals surface area (Å²) in [6.45, 7) is 0.692. The van der Waals surface area contributed by atoms with Crippen molar-refractivity contribution in [3.8, 4) is 0 Å². The number of aryl methyl sites for hydroxylation is 1. The quantitative estimate of drug-likeness (QED) is 0.858. The molecule has 0 heterocycles. The molecule has 1 aliphatic carbocycles. The number of nitrogens with two attached hydrogens (primary N) is 1. The van der Waals surface area contributed by atoms with Crippen LogP contribution in [0.3, 0.4) is 0 Å². The van der Waals surface area contributed by atoms with Crippen molar-refractivity contribution in [2.75, 3.05) is 6.54 Å². The number of nitrogens with one attached hydrogen (secondary N) is 1. The third kappa shape index (κ3) is 3.82. The maximum atomic E-state index is 12.0. The second-order valence-electron chi connectivity index (χ2n) is 6.31. The summed E-state index contributed by atoms with van der Waals surface area (Å²) in [6.07, 6.45) is 3.61. The van der Waals surface area contributed by atoms with Crippen molar-refractivity contribution in [2.45, 2.75) is 31.6 Å². The molecule has 1 unspecified atom stereocenters. The van der Waals surface area contributed by atoms with Gasteiger partial charge in [0.05, 0.1) is 6.42 Å². The van der Waals surface area contributed by atoms with E-state index in [0.717, 1.165) is 18.4 Å². The van der Waals surface area contributed by atoms with Crippen molar-refractivity contribution in [1.82, 2.24) is 5.32 Å². The Hall–Kier alpha value is -2.62. The summed E-state index contributed by atoms with van der Waals surface area (Å²) >= 11 is 0. The lowest BCUT2D eigenvalue weighted by Crippen LogP contribution is -2.27. The first-order valence-corrected chi connectivity index (χ1v) is 8.37. The number of carbonyl (C=O) groups is 2. The van der Waals surface area contributed by atoms with Crippen molar-refractivity contribution < 1.29 is 9.59 Å². The zero-order valence-corrected chi connectivity index (χ0v) is 13.6. The van der Waals surface area contributed by atoms with Gasteiger partial charge in [0.15, 0.2) is 0 Å². The minimum absolute atomic E-state index is 0.00751. The van der Waals surface area contributed by atoms with E-state index in [1.807, 2.05) is 0 Å². The number of fused-ring (bicyclic) bond motifs is 1. The van der Waals surface area contributed by atoms with Gasteiger partial charge in [-0.2, -0.15) is 0 Å². The Morgan fingerprint density at radius 3 is 2.58 bits per heavy atom. The van der Waals surface area contributed by atoms with Crippen LogP contribution in [-0.4, -0.2) is 18.4 Å². The number of primary amides is 1. The largest absolute Gasteiger partial charge is 0.366 e. The van der Waals surface area contributed by atoms with E-state index in [0.29, 0.717) is 24.4 Å². The molecule has 2 amide bonds. The molecular weight excluding hydrogens is 300 g/mol. The molecule has 0 saturated heterocycles. The van der Waals surface area contributed by atoms with Crippen molar-refractivity contribution in [3.05, 3.63) is 70.8 Å². The van der Waals surface area contributed by atoms with Crippen LogP contribution in [0.1, 0.15) is 45.8 Å². The maximum Gasteiger partial charge on any atom is 0.248 e. The summed E-state index contributed by atoms with van der Waals surface area (Å²) in [5.74, 6) is 0.104. The second-order valence-corrected chi connectivity index (χ2v) is 6.31. The van der Waals surface area contributed by atoms with Crippen LogP contribution in [0.25, 0.3) is 0 Å². The SMILES string of the molecule is NC(=O)c1ccc(CC(=O)NCCC2CCc3ccccc32)cc1. The Bertz CT molecular complexity index is 738. The van der Waals surface area contributed by atoms with Gasteiger partial charge in [0.25, 0.3) is 0 Å². The predicted molar refractivity (Wildman–Crippen MR) is 93.8 cm³/mol. The van der Waals surface area contributed by atoms with Crippen LogP contribution in [0.15, 0.2) is 48.5 Å². The zero-order chi connectivity index (χ0) is 16.9. The number of carbonyl (C=O) groups excluding carboxylic acids is 2. The monoisotopic (exact) mass is 322 g/mol. The van der Waals surface area contributed by atoms with Crippen LogP contribution < -0.4 is 11.1 Å². The van der Waals surface area contributed by atoms with E-state index >= 15 is 0 Å². The highest BCUT2D eigenvalue weighted by Gasteiger charge is 2.21. The van der Waals surface area contributed by atoms with Gasteiger partial charge >= 0.3 is 0 Å². The van der Waals surface area contributed by atoms with Crippen LogP contribution in [0, 0.1) is 0 Å². The summed E-state index contributed by atoms with van der Waals surface area (Å²) < 4.78 is 0. The molecule has 0 bridgehead atoms. The molecule has 3 N–H and O–H groups in total. The zero-order valence-electron chi connectivity index (χ0n) is 13.6. The summed E-state index contributed by atoms with van der Waals surface area (Å²) in [6, 6.07) is 15.4. The Morgan fingerprint density at radius 2 is 1.83 bits per heavy atom. The Kier molecular flexibility index (Phi) is 4.94. The van der Waals surface area contributed by atoms with Gasteiger partial charge in [-0.25, -0.2) is 0 Å². The number of hydrogen-bond donors (Lipinski definition) is 2. The Morgan fingerprint density at radius 1 is 1.08 bits per heavy atom. The second kappa shape index (κ2) is 7.30. The highest BCUT2D eigenvalue weighted by atomic mass is 16.1. The molecule has 1 atom stereocenters. The van der Waals surface area contributed by atoms with Crippen LogP contribution in [0.5, 0.6) is 0 Å². The summed E-state index contributed by atoms with van der Waals surface area (Å²) in [5, 5.41) is 3.00. The lowest BCUT2D eigenvalue weighted by molar-refractivity contribution is -0.120. The molecule has 1 aliphatic rings. The van der Waals surface area contributed by atoms with Gasteiger partial charge in [-0.3, -0.25) is 9.59 Å². The van der Waals surface area contributed by atoms with Crippen molar-refractivity contribution >= 4 is 11.8 Å². The lowest BCUT2D eigenvalue weighted by atomic mass is 9.98. The van der Waals surface area contributed by atoms with E-state index < -0.39 is 5.91 Å². The van der Waals surface area contributed by atoms with Gasteiger partial charge < -0.3 is 11.1 Å². The molecule has 24 heavy (non-hydrogen) atoms. The van der Waals surface area contributed by atoms with Crippen LogP contribution >= 0.6 is 0 Å². The minimum atomic E-state index is -0.456. The van der Waals surface area contributed by atoms with Gasteiger partial charge in [-0.1, -0.05) is 36.4 Å². The minimum Gasteiger partial charge on any atom is -0.366 e. The first-order chi connectivity index (χ1) is 11.6. The van der Waals surface area contributed by atoms with Crippen LogP contribution in [0.4, 0.5) is 0 Å². The van der Waals surface area contributed by atoms with Gasteiger partial charge in [-0.15, -0.1) is 0 Å². The van der Waals surface area contributed by atoms with E-state index in [2.05, 4.69) is 29.6 Å². The lowest BCUT2D eigenvalue weighted by Gasteiger charge is -2.12. The molecule has 2 aromatic rings. The average molecular weight is 322 g/mol. The number of hydrogen-bond acceptors (Lipinski definition) is 2.